The summed E-state index contributed by atoms with van der Waals surface area (Å²) in [6.07, 6.45) is -3.97. The predicted octanol–water partition coefficient (Wildman–Crippen LogP) is 7.91. The molecule has 6 rings (SSSR count). The molecule has 0 amide bonds. The molecule has 1 unspecified atom stereocenters. The Hall–Kier alpha value is -4.03. The largest absolute Gasteiger partial charge is 0.416 e. The summed E-state index contributed by atoms with van der Waals surface area (Å²) in [5.41, 5.74) is -1.32. The number of halogens is 7. The molecule has 2 heterocycles. The van der Waals surface area contributed by atoms with Crippen LogP contribution in [-0.2, 0) is 12.7 Å². The Bertz CT molecular complexity index is 1680. The quantitative estimate of drug-likeness (QED) is 0.188. The van der Waals surface area contributed by atoms with Gasteiger partial charge in [-0.25, -0.2) is 13.2 Å². The van der Waals surface area contributed by atoms with Crippen LogP contribution in [0.2, 0.25) is 5.02 Å². The molecule has 0 aromatic heterocycles. The van der Waals surface area contributed by atoms with Gasteiger partial charge >= 0.3 is 6.18 Å². The number of nitrogens with zero attached hydrogens (tertiary/aromatic N) is 2. The van der Waals surface area contributed by atoms with E-state index in [1.54, 1.807) is 11.0 Å². The summed E-state index contributed by atoms with van der Waals surface area (Å²) in [5.74, 6) is -1.04. The number of alkyl halides is 4. The van der Waals surface area contributed by atoms with Gasteiger partial charge in [0.05, 0.1) is 29.1 Å². The topological polar surface area (TPSA) is 50.8 Å². The molecule has 0 spiro atoms. The summed E-state index contributed by atoms with van der Waals surface area (Å²) in [7, 11) is 6.08. The molecule has 3 N–H and O–H groups in total. The van der Waals surface area contributed by atoms with Crippen molar-refractivity contribution in [1.29, 1.82) is 0 Å². The van der Waals surface area contributed by atoms with Gasteiger partial charge in [-0.05, 0) is 68.3 Å². The molecule has 234 valence electrons. The fourth-order valence-corrected chi connectivity index (χ4v) is 5.38. The van der Waals surface area contributed by atoms with Crippen LogP contribution in [0.25, 0.3) is 11.4 Å². The van der Waals surface area contributed by atoms with Crippen molar-refractivity contribution in [1.82, 2.24) is 5.32 Å². The third-order valence-electron chi connectivity index (χ3n) is 7.60. The van der Waals surface area contributed by atoms with E-state index in [1.807, 2.05) is 0 Å². The second-order valence-electron chi connectivity index (χ2n) is 11.3. The van der Waals surface area contributed by atoms with E-state index >= 15 is 0 Å². The average Bonchev–Trinajstić information content (AvgIpc) is 3.44. The van der Waals surface area contributed by atoms with Gasteiger partial charge in [-0.2, -0.15) is 13.2 Å². The van der Waals surface area contributed by atoms with E-state index in [1.165, 1.54) is 36.1 Å². The summed E-state index contributed by atoms with van der Waals surface area (Å²) in [5, 5.41) is 17.5. The van der Waals surface area contributed by atoms with Crippen LogP contribution < -0.4 is 20.4 Å². The normalized spacial score (nSPS) is 17.5. The molecule has 3 aromatic carbocycles. The van der Waals surface area contributed by atoms with Gasteiger partial charge in [-0.15, -0.1) is 0 Å². The molecule has 0 saturated heterocycles. The number of aliphatic hydroxyl groups is 1. The first-order chi connectivity index (χ1) is 20.9. The van der Waals surface area contributed by atoms with E-state index in [4.69, 9.17) is 19.4 Å². The van der Waals surface area contributed by atoms with Crippen LogP contribution >= 0.6 is 11.6 Å². The van der Waals surface area contributed by atoms with E-state index in [9.17, 15) is 31.4 Å². The highest BCUT2D eigenvalue weighted by atomic mass is 35.5. The van der Waals surface area contributed by atoms with Crippen LogP contribution in [-0.4, -0.2) is 30.8 Å². The zero-order valence-corrected chi connectivity index (χ0v) is 24.9. The first-order valence-electron chi connectivity index (χ1n) is 13.7. The van der Waals surface area contributed by atoms with Crippen molar-refractivity contribution in [2.45, 2.75) is 43.8 Å². The maximum absolute atomic E-state index is 14.9. The molecule has 1 fully saturated rings. The van der Waals surface area contributed by atoms with Gasteiger partial charge in [-0.1, -0.05) is 31.3 Å². The Balaban J connectivity index is 0.000000436. The van der Waals surface area contributed by atoms with Crippen molar-refractivity contribution in [3.63, 3.8) is 0 Å². The zero-order chi connectivity index (χ0) is 33.1. The van der Waals surface area contributed by atoms with E-state index in [-0.39, 0.29) is 29.4 Å². The summed E-state index contributed by atoms with van der Waals surface area (Å²) < 4.78 is 80.7. The lowest BCUT2D eigenvalue weighted by atomic mass is 9.90. The molecule has 0 bridgehead atoms. The highest BCUT2D eigenvalue weighted by Crippen LogP contribution is 2.54. The number of fused-ring (bicyclic) bond motifs is 3. The number of benzene rings is 3. The molecule has 3 aromatic rings. The first kappa shape index (κ1) is 32.4. The Morgan fingerprint density at radius 2 is 1.73 bits per heavy atom. The summed E-state index contributed by atoms with van der Waals surface area (Å²) in [4.78, 5) is 3.03. The number of nitrogens with one attached hydrogen (secondary N) is 2. The second-order valence-corrected chi connectivity index (χ2v) is 11.8. The number of anilines is 3. The van der Waals surface area contributed by atoms with Gasteiger partial charge in [0.2, 0.25) is 0 Å². The lowest BCUT2D eigenvalue weighted by Gasteiger charge is -2.35. The predicted molar refractivity (Wildman–Crippen MR) is 166 cm³/mol. The molecule has 2 radical (unpaired) electrons. The molecule has 1 atom stereocenters. The minimum absolute atomic E-state index is 0.0245. The molecule has 5 nitrogen and oxygen atoms in total. The SMILES string of the molecule is Fc1ccc(Cl)cc1.[B]C(C)(O)N1C(=C)N(CC2(F)CC2)c2cc(NC(=C)c3cc(F)cc(C(F)(F)F)c3)c3c(c21)C(=C)NC3. The number of rotatable bonds is 6. The van der Waals surface area contributed by atoms with Crippen molar-refractivity contribution in [3.05, 3.63) is 113 Å². The monoisotopic (exact) mass is 644 g/mol. The smallest absolute Gasteiger partial charge is 0.381 e. The van der Waals surface area contributed by atoms with Crippen LogP contribution in [0.5, 0.6) is 0 Å². The van der Waals surface area contributed by atoms with Gasteiger partial charge in [0.15, 0.2) is 0 Å². The maximum Gasteiger partial charge on any atom is 0.416 e. The van der Waals surface area contributed by atoms with E-state index in [0.717, 1.165) is 12.1 Å². The molecule has 3 aliphatic rings. The lowest BCUT2D eigenvalue weighted by Crippen LogP contribution is -2.47. The van der Waals surface area contributed by atoms with Gasteiger partial charge < -0.3 is 25.5 Å². The third-order valence-corrected chi connectivity index (χ3v) is 7.85. The van der Waals surface area contributed by atoms with Crippen LogP contribution in [0.4, 0.5) is 43.4 Å². The standard InChI is InChI=1S/C26H24BF5N4O.C6H4ClF/c1-13(16-7-17(26(30,31)32)9-18(28)8-16)34-20-10-21-23(22-14(2)33-11-19(20)22)36(24(4,27)37)15(3)35(21)12-25(29)5-6-25;7-5-1-3-6(8)4-2-5/h7-10,33-34,37H,1-3,5-6,11-12H2,4H3;1-4H. The van der Waals surface area contributed by atoms with Gasteiger partial charge in [0, 0.05) is 45.3 Å². The average molecular weight is 645 g/mol. The Kier molecular flexibility index (Phi) is 8.20. The molecule has 13 heteroatoms. The van der Waals surface area contributed by atoms with Crippen molar-refractivity contribution < 1.29 is 31.4 Å². The lowest BCUT2D eigenvalue weighted by molar-refractivity contribution is -0.137. The molecule has 45 heavy (non-hydrogen) atoms. The second kappa shape index (κ2) is 11.4. The molecule has 1 saturated carbocycles. The van der Waals surface area contributed by atoms with Gasteiger partial charge in [0.1, 0.15) is 31.0 Å². The van der Waals surface area contributed by atoms with Crippen molar-refractivity contribution in [3.8, 4) is 0 Å². The van der Waals surface area contributed by atoms with Crippen LogP contribution in [0.1, 0.15) is 42.0 Å². The zero-order valence-electron chi connectivity index (χ0n) is 24.1. The highest BCUT2D eigenvalue weighted by Gasteiger charge is 2.49. The van der Waals surface area contributed by atoms with E-state index < -0.39 is 28.9 Å². The van der Waals surface area contributed by atoms with E-state index in [2.05, 4.69) is 30.4 Å². The fraction of sp³-hybridized carbons (Fsp3) is 0.250. The summed E-state index contributed by atoms with van der Waals surface area (Å²) in [6, 6.07) is 9.52. The Labute approximate surface area is 262 Å². The summed E-state index contributed by atoms with van der Waals surface area (Å²) >= 11 is 5.44. The minimum atomic E-state index is -4.73. The molecule has 2 aliphatic heterocycles. The maximum atomic E-state index is 14.9. The van der Waals surface area contributed by atoms with Crippen molar-refractivity contribution in [2.75, 3.05) is 21.7 Å². The number of hydrogen-bond donors (Lipinski definition) is 3. The van der Waals surface area contributed by atoms with Crippen LogP contribution in [0, 0.1) is 11.6 Å². The molecule has 1 aliphatic carbocycles. The fourth-order valence-electron chi connectivity index (χ4n) is 5.26. The van der Waals surface area contributed by atoms with Gasteiger partial charge in [-0.3, -0.25) is 0 Å². The molecular weight excluding hydrogens is 617 g/mol. The minimum Gasteiger partial charge on any atom is -0.381 e. The number of hydrogen-bond acceptors (Lipinski definition) is 5. The third kappa shape index (κ3) is 6.67. The summed E-state index contributed by atoms with van der Waals surface area (Å²) in [6.45, 7) is 13.6. The van der Waals surface area contributed by atoms with Crippen LogP contribution in [0.15, 0.2) is 74.1 Å². The van der Waals surface area contributed by atoms with Gasteiger partial charge in [0.25, 0.3) is 0 Å². The Morgan fingerprint density at radius 1 is 1.09 bits per heavy atom. The molecular formula is C32H28BClF6N4O. The Morgan fingerprint density at radius 3 is 2.29 bits per heavy atom. The van der Waals surface area contributed by atoms with Crippen molar-refractivity contribution >= 4 is 47.9 Å². The van der Waals surface area contributed by atoms with Crippen molar-refractivity contribution in [2.24, 2.45) is 0 Å². The first-order valence-corrected chi connectivity index (χ1v) is 14.1. The van der Waals surface area contributed by atoms with E-state index in [0.29, 0.717) is 64.4 Å². The highest BCUT2D eigenvalue weighted by molar-refractivity contribution is 6.30. The van der Waals surface area contributed by atoms with Crippen LogP contribution in [0.3, 0.4) is 0 Å².